The lowest BCUT2D eigenvalue weighted by Crippen LogP contribution is -2.31. The summed E-state index contributed by atoms with van der Waals surface area (Å²) in [7, 11) is 0. The summed E-state index contributed by atoms with van der Waals surface area (Å²) in [6.07, 6.45) is 2.80. The molecule has 0 aliphatic rings. The number of imidazole rings is 1. The van der Waals surface area contributed by atoms with E-state index in [1.165, 1.54) is 24.1 Å². The second-order valence-corrected chi connectivity index (χ2v) is 5.67. The Morgan fingerprint density at radius 1 is 1.21 bits per heavy atom. The molecule has 1 N–H and O–H groups in total. The zero-order valence-electron chi connectivity index (χ0n) is 13.0. The average molecular weight is 344 g/mol. The van der Waals surface area contributed by atoms with Crippen LogP contribution >= 0.6 is 11.6 Å². The maximum Gasteiger partial charge on any atom is 0.255 e. The van der Waals surface area contributed by atoms with Crippen molar-refractivity contribution in [2.75, 3.05) is 5.32 Å². The van der Waals surface area contributed by atoms with Gasteiger partial charge in [0.2, 0.25) is 0 Å². The van der Waals surface area contributed by atoms with Crippen LogP contribution in [0.1, 0.15) is 18.7 Å². The molecule has 1 unspecified atom stereocenters. The molecule has 0 saturated heterocycles. The zero-order valence-corrected chi connectivity index (χ0v) is 13.8. The summed E-state index contributed by atoms with van der Waals surface area (Å²) in [4.78, 5) is 37.2. The Bertz CT molecular complexity index is 937. The highest BCUT2D eigenvalue weighted by atomic mass is 35.5. The molecule has 1 amide bonds. The van der Waals surface area contributed by atoms with Crippen LogP contribution < -0.4 is 5.32 Å². The second kappa shape index (κ2) is 6.37. The number of nitrogens with zero attached hydrogens (tertiary/aromatic N) is 4. The molecule has 0 radical (unpaired) electrons. The van der Waals surface area contributed by atoms with Gasteiger partial charge in [0.15, 0.2) is 17.5 Å². The van der Waals surface area contributed by atoms with Crippen LogP contribution in [0.3, 0.4) is 0 Å². The first-order valence-electron chi connectivity index (χ1n) is 7.19. The number of nitrogens with one attached hydrogen (secondary N) is 1. The third kappa shape index (κ3) is 2.85. The number of hydrogen-bond donors (Lipinski definition) is 1. The van der Waals surface area contributed by atoms with Gasteiger partial charge in [0.25, 0.3) is 5.91 Å². The number of rotatable bonds is 4. The normalized spacial score (nSPS) is 12.1. The molecule has 1 atom stereocenters. The van der Waals surface area contributed by atoms with E-state index in [9.17, 15) is 9.59 Å². The first kappa shape index (κ1) is 16.1. The van der Waals surface area contributed by atoms with Crippen molar-refractivity contribution in [2.24, 2.45) is 0 Å². The Kier molecular flexibility index (Phi) is 4.26. The number of Topliss-reactive ketones (excluding diaryl/α,β-unsaturated/α-hetero) is 1. The first-order chi connectivity index (χ1) is 11.5. The van der Waals surface area contributed by atoms with Crippen molar-refractivity contribution in [3.05, 3.63) is 47.6 Å². The van der Waals surface area contributed by atoms with E-state index in [-0.39, 0.29) is 5.78 Å². The van der Waals surface area contributed by atoms with Gasteiger partial charge in [-0.2, -0.15) is 0 Å². The van der Waals surface area contributed by atoms with Gasteiger partial charge in [-0.25, -0.2) is 15.0 Å². The van der Waals surface area contributed by atoms with E-state index in [0.717, 1.165) is 0 Å². The minimum atomic E-state index is -1.10. The lowest BCUT2D eigenvalue weighted by Gasteiger charge is -2.16. The minimum absolute atomic E-state index is 0.338. The van der Waals surface area contributed by atoms with Crippen LogP contribution in [0.15, 0.2) is 36.9 Å². The zero-order chi connectivity index (χ0) is 17.3. The van der Waals surface area contributed by atoms with Gasteiger partial charge in [-0.1, -0.05) is 23.7 Å². The third-order valence-corrected chi connectivity index (χ3v) is 3.91. The van der Waals surface area contributed by atoms with E-state index in [0.29, 0.717) is 27.6 Å². The smallest absolute Gasteiger partial charge is 0.255 e. The molecule has 3 aromatic rings. The molecular weight excluding hydrogens is 330 g/mol. The van der Waals surface area contributed by atoms with E-state index in [1.54, 1.807) is 31.2 Å². The quantitative estimate of drug-likeness (QED) is 0.735. The van der Waals surface area contributed by atoms with Crippen molar-refractivity contribution >= 4 is 40.1 Å². The van der Waals surface area contributed by atoms with Crippen LogP contribution in [0.4, 0.5) is 5.69 Å². The van der Waals surface area contributed by atoms with Gasteiger partial charge >= 0.3 is 0 Å². The van der Waals surface area contributed by atoms with Crippen LogP contribution in [-0.4, -0.2) is 31.2 Å². The summed E-state index contributed by atoms with van der Waals surface area (Å²) in [5.74, 6) is -0.846. The highest BCUT2D eigenvalue weighted by Crippen LogP contribution is 2.23. The number of carbonyl (C=O) groups excluding carboxylic acids is 2. The summed E-state index contributed by atoms with van der Waals surface area (Å²) in [5.41, 5.74) is 2.09. The van der Waals surface area contributed by atoms with Crippen LogP contribution in [0.25, 0.3) is 11.2 Å². The Morgan fingerprint density at radius 2 is 1.96 bits per heavy atom. The molecule has 1 aromatic carbocycles. The fourth-order valence-electron chi connectivity index (χ4n) is 2.43. The molecule has 0 fully saturated rings. The fraction of sp³-hybridized carbons (Fsp3) is 0.188. The first-order valence-corrected chi connectivity index (χ1v) is 7.57. The second-order valence-electron chi connectivity index (χ2n) is 5.27. The van der Waals surface area contributed by atoms with Crippen LogP contribution in [-0.2, 0) is 9.59 Å². The molecule has 2 aromatic heterocycles. The molecule has 24 heavy (non-hydrogen) atoms. The van der Waals surface area contributed by atoms with Crippen molar-refractivity contribution in [1.82, 2.24) is 19.5 Å². The van der Waals surface area contributed by atoms with Gasteiger partial charge in [0.1, 0.15) is 11.8 Å². The molecule has 3 rings (SSSR count). The van der Waals surface area contributed by atoms with Crippen molar-refractivity contribution in [3.8, 4) is 0 Å². The SMILES string of the molecule is CC(=O)C(C(=O)Nc1ccccc1Cl)n1cnc2c(C)ncnc21. The van der Waals surface area contributed by atoms with E-state index < -0.39 is 11.9 Å². The fourth-order valence-corrected chi connectivity index (χ4v) is 2.61. The lowest BCUT2D eigenvalue weighted by molar-refractivity contribution is -0.128. The topological polar surface area (TPSA) is 89.8 Å². The summed E-state index contributed by atoms with van der Waals surface area (Å²) in [6.45, 7) is 3.13. The Morgan fingerprint density at radius 3 is 2.67 bits per heavy atom. The monoisotopic (exact) mass is 343 g/mol. The molecule has 0 saturated carbocycles. The molecule has 122 valence electrons. The van der Waals surface area contributed by atoms with E-state index >= 15 is 0 Å². The predicted octanol–water partition coefficient (Wildman–Crippen LogP) is 2.56. The number of aromatic nitrogens is 4. The molecule has 0 aliphatic heterocycles. The van der Waals surface area contributed by atoms with Crippen molar-refractivity contribution < 1.29 is 9.59 Å². The standard InChI is InChI=1S/C16H14ClN5O2/c1-9-13-15(19-7-18-9)22(8-20-13)14(10(2)23)16(24)21-12-6-4-3-5-11(12)17/h3-8,14H,1-2H3,(H,21,24). The lowest BCUT2D eigenvalue weighted by atomic mass is 10.1. The molecule has 7 nitrogen and oxygen atoms in total. The third-order valence-electron chi connectivity index (χ3n) is 3.59. The van der Waals surface area contributed by atoms with Crippen molar-refractivity contribution in [2.45, 2.75) is 19.9 Å². The van der Waals surface area contributed by atoms with Crippen molar-refractivity contribution in [1.29, 1.82) is 0 Å². The highest BCUT2D eigenvalue weighted by Gasteiger charge is 2.28. The van der Waals surface area contributed by atoms with Gasteiger partial charge in [-0.3, -0.25) is 14.2 Å². The number of para-hydroxylation sites is 1. The van der Waals surface area contributed by atoms with Gasteiger partial charge in [0, 0.05) is 0 Å². The number of fused-ring (bicyclic) bond motifs is 1. The molecule has 0 spiro atoms. The number of hydrogen-bond acceptors (Lipinski definition) is 5. The maximum atomic E-state index is 12.7. The predicted molar refractivity (Wildman–Crippen MR) is 89.9 cm³/mol. The Labute approximate surface area is 142 Å². The Hall–Kier alpha value is -2.80. The molecule has 2 heterocycles. The molecule has 0 aliphatic carbocycles. The van der Waals surface area contributed by atoms with Gasteiger partial charge < -0.3 is 5.32 Å². The minimum Gasteiger partial charge on any atom is -0.323 e. The number of amides is 1. The van der Waals surface area contributed by atoms with E-state index in [4.69, 9.17) is 11.6 Å². The summed E-state index contributed by atoms with van der Waals surface area (Å²) in [5, 5.41) is 3.07. The molecular formula is C16H14ClN5O2. The number of halogens is 1. The van der Waals surface area contributed by atoms with Gasteiger partial charge in [0.05, 0.1) is 22.7 Å². The number of anilines is 1. The summed E-state index contributed by atoms with van der Waals surface area (Å²) in [6, 6.07) is 5.72. The van der Waals surface area contributed by atoms with Crippen LogP contribution in [0.2, 0.25) is 5.02 Å². The summed E-state index contributed by atoms with van der Waals surface area (Å²) >= 11 is 6.05. The average Bonchev–Trinajstić information content (AvgIpc) is 2.95. The van der Waals surface area contributed by atoms with E-state index in [1.807, 2.05) is 0 Å². The number of benzene rings is 1. The Balaban J connectivity index is 2.00. The van der Waals surface area contributed by atoms with Crippen molar-refractivity contribution in [3.63, 3.8) is 0 Å². The number of ketones is 1. The maximum absolute atomic E-state index is 12.7. The van der Waals surface area contributed by atoms with E-state index in [2.05, 4.69) is 20.3 Å². The highest BCUT2D eigenvalue weighted by molar-refractivity contribution is 6.33. The number of aryl methyl sites for hydroxylation is 1. The van der Waals surface area contributed by atoms with Crippen LogP contribution in [0, 0.1) is 6.92 Å². The van der Waals surface area contributed by atoms with Gasteiger partial charge in [-0.05, 0) is 26.0 Å². The summed E-state index contributed by atoms with van der Waals surface area (Å²) < 4.78 is 1.44. The van der Waals surface area contributed by atoms with Gasteiger partial charge in [-0.15, -0.1) is 0 Å². The molecule has 8 heteroatoms. The number of carbonyl (C=O) groups is 2. The largest absolute Gasteiger partial charge is 0.323 e. The van der Waals surface area contributed by atoms with Crippen LogP contribution in [0.5, 0.6) is 0 Å². The molecule has 0 bridgehead atoms.